The number of amides is 1. The van der Waals surface area contributed by atoms with Gasteiger partial charge in [-0.2, -0.15) is 9.78 Å². The second-order valence-electron chi connectivity index (χ2n) is 9.95. The van der Waals surface area contributed by atoms with Crippen LogP contribution in [0.25, 0.3) is 28.1 Å². The number of ether oxygens (including phenoxy) is 2. The molecule has 4 aromatic carbocycles. The lowest BCUT2D eigenvalue weighted by Crippen LogP contribution is -2.11. The van der Waals surface area contributed by atoms with Crippen LogP contribution in [0.5, 0.6) is 11.6 Å². The standard InChI is InChI=1S/C34H31N3O4/c1-21-7-6-8-27(20-21)33(39)35-28-14-10-25(11-15-28)31-32(26-12-16-29(40-5)17-13-26)36-37(34(31)41-24(4)38)30-18-9-22(2)19-23(30)3/h6-20H,1-5H3,(H,35,39). The first kappa shape index (κ1) is 27.4. The number of methoxy groups -OCH3 is 1. The molecule has 7 heteroatoms. The summed E-state index contributed by atoms with van der Waals surface area (Å²) in [4.78, 5) is 25.2. The lowest BCUT2D eigenvalue weighted by molar-refractivity contribution is -0.132. The molecule has 0 atom stereocenters. The first-order valence-electron chi connectivity index (χ1n) is 13.3. The summed E-state index contributed by atoms with van der Waals surface area (Å²) in [6, 6.07) is 28.5. The minimum absolute atomic E-state index is 0.191. The Labute approximate surface area is 239 Å². The van der Waals surface area contributed by atoms with Crippen LogP contribution in [0.4, 0.5) is 5.69 Å². The maximum Gasteiger partial charge on any atom is 0.309 e. The number of hydrogen-bond acceptors (Lipinski definition) is 5. The van der Waals surface area contributed by atoms with Gasteiger partial charge in [-0.1, -0.05) is 47.5 Å². The predicted octanol–water partition coefficient (Wildman–Crippen LogP) is 7.32. The molecule has 1 amide bonds. The lowest BCUT2D eigenvalue weighted by Gasteiger charge is -2.12. The van der Waals surface area contributed by atoms with Gasteiger partial charge in [0.05, 0.1) is 18.4 Å². The van der Waals surface area contributed by atoms with Crippen molar-refractivity contribution in [3.8, 4) is 39.7 Å². The summed E-state index contributed by atoms with van der Waals surface area (Å²) in [6.07, 6.45) is 0. The number of rotatable bonds is 7. The number of anilines is 1. The molecule has 0 aliphatic heterocycles. The predicted molar refractivity (Wildman–Crippen MR) is 161 cm³/mol. The highest BCUT2D eigenvalue weighted by Gasteiger charge is 2.25. The van der Waals surface area contributed by atoms with Crippen molar-refractivity contribution in [1.82, 2.24) is 9.78 Å². The minimum atomic E-state index is -0.458. The zero-order valence-electron chi connectivity index (χ0n) is 23.7. The number of esters is 1. The van der Waals surface area contributed by atoms with Crippen molar-refractivity contribution in [2.75, 3.05) is 12.4 Å². The maximum absolute atomic E-state index is 12.8. The second-order valence-corrected chi connectivity index (χ2v) is 9.95. The van der Waals surface area contributed by atoms with Gasteiger partial charge in [-0.3, -0.25) is 9.59 Å². The van der Waals surface area contributed by atoms with E-state index < -0.39 is 5.97 Å². The Bertz CT molecular complexity index is 1740. The first-order chi connectivity index (χ1) is 19.7. The first-order valence-corrected chi connectivity index (χ1v) is 13.3. The van der Waals surface area contributed by atoms with Crippen LogP contribution in [0.15, 0.2) is 91.0 Å². The van der Waals surface area contributed by atoms with Gasteiger partial charge >= 0.3 is 5.97 Å². The van der Waals surface area contributed by atoms with E-state index in [1.54, 1.807) is 17.9 Å². The van der Waals surface area contributed by atoms with Crippen LogP contribution >= 0.6 is 0 Å². The highest BCUT2D eigenvalue weighted by atomic mass is 16.5. The number of nitrogens with one attached hydrogen (secondary N) is 1. The summed E-state index contributed by atoms with van der Waals surface area (Å²) in [5, 5.41) is 7.93. The van der Waals surface area contributed by atoms with Gasteiger partial charge in [-0.05, 0) is 86.5 Å². The molecule has 0 saturated carbocycles. The minimum Gasteiger partial charge on any atom is -0.497 e. The van der Waals surface area contributed by atoms with Gasteiger partial charge in [0.1, 0.15) is 11.4 Å². The van der Waals surface area contributed by atoms with Gasteiger partial charge in [-0.25, -0.2) is 0 Å². The Morgan fingerprint density at radius 1 is 0.805 bits per heavy atom. The van der Waals surface area contributed by atoms with E-state index in [0.29, 0.717) is 28.4 Å². The van der Waals surface area contributed by atoms with Crippen molar-refractivity contribution in [3.63, 3.8) is 0 Å². The summed E-state index contributed by atoms with van der Waals surface area (Å²) in [7, 11) is 1.62. The zero-order valence-corrected chi connectivity index (χ0v) is 23.7. The third-order valence-corrected chi connectivity index (χ3v) is 6.74. The molecule has 5 rings (SSSR count). The molecular weight excluding hydrogens is 514 g/mol. The van der Waals surface area contributed by atoms with Crippen LogP contribution in [0.2, 0.25) is 0 Å². The largest absolute Gasteiger partial charge is 0.497 e. The molecule has 0 radical (unpaired) electrons. The molecule has 0 fully saturated rings. The maximum atomic E-state index is 12.8. The molecule has 5 aromatic rings. The quantitative estimate of drug-likeness (QED) is 0.217. The molecular formula is C34H31N3O4. The van der Waals surface area contributed by atoms with E-state index >= 15 is 0 Å². The van der Waals surface area contributed by atoms with Crippen LogP contribution < -0.4 is 14.8 Å². The van der Waals surface area contributed by atoms with E-state index in [0.717, 1.165) is 39.3 Å². The van der Waals surface area contributed by atoms with E-state index in [1.807, 2.05) is 99.6 Å². The molecule has 1 N–H and O–H groups in total. The topological polar surface area (TPSA) is 82.4 Å². The summed E-state index contributed by atoms with van der Waals surface area (Å²) in [5.74, 6) is 0.383. The van der Waals surface area contributed by atoms with Crippen molar-refractivity contribution in [2.24, 2.45) is 0 Å². The van der Waals surface area contributed by atoms with Crippen LogP contribution in [0.1, 0.15) is 34.0 Å². The number of aromatic nitrogens is 2. The second kappa shape index (κ2) is 11.5. The van der Waals surface area contributed by atoms with Gasteiger partial charge in [0, 0.05) is 23.7 Å². The summed E-state index contributed by atoms with van der Waals surface area (Å²) >= 11 is 0. The molecule has 1 heterocycles. The smallest absolute Gasteiger partial charge is 0.309 e. The van der Waals surface area contributed by atoms with Crippen molar-refractivity contribution < 1.29 is 19.1 Å². The monoisotopic (exact) mass is 545 g/mol. The number of aryl methyl sites for hydroxylation is 3. The Hall–Kier alpha value is -5.17. The van der Waals surface area contributed by atoms with Crippen molar-refractivity contribution in [1.29, 1.82) is 0 Å². The lowest BCUT2D eigenvalue weighted by atomic mass is 10.0. The van der Waals surface area contributed by atoms with Gasteiger partial charge in [0.25, 0.3) is 5.91 Å². The van der Waals surface area contributed by atoms with Crippen LogP contribution in [0, 0.1) is 20.8 Å². The van der Waals surface area contributed by atoms with Crippen molar-refractivity contribution >= 4 is 17.6 Å². The molecule has 0 bridgehead atoms. The molecule has 0 aliphatic rings. The summed E-state index contributed by atoms with van der Waals surface area (Å²) in [5.41, 5.74) is 8.04. The van der Waals surface area contributed by atoms with Gasteiger partial charge < -0.3 is 14.8 Å². The number of carbonyl (C=O) groups excluding carboxylic acids is 2. The summed E-state index contributed by atoms with van der Waals surface area (Å²) < 4.78 is 12.9. The fourth-order valence-corrected chi connectivity index (χ4v) is 4.76. The van der Waals surface area contributed by atoms with Gasteiger partial charge in [0.2, 0.25) is 5.88 Å². The summed E-state index contributed by atoms with van der Waals surface area (Å²) in [6.45, 7) is 7.35. The van der Waals surface area contributed by atoms with Crippen molar-refractivity contribution in [3.05, 3.63) is 113 Å². The van der Waals surface area contributed by atoms with E-state index in [-0.39, 0.29) is 5.91 Å². The van der Waals surface area contributed by atoms with E-state index in [1.165, 1.54) is 6.92 Å². The fourth-order valence-electron chi connectivity index (χ4n) is 4.76. The van der Waals surface area contributed by atoms with Crippen LogP contribution in [-0.4, -0.2) is 28.8 Å². The van der Waals surface area contributed by atoms with Gasteiger partial charge in [-0.15, -0.1) is 0 Å². The number of hydrogen-bond donors (Lipinski definition) is 1. The molecule has 0 saturated heterocycles. The average Bonchev–Trinajstić information content (AvgIpc) is 3.31. The number of benzene rings is 4. The molecule has 0 unspecified atom stereocenters. The molecule has 0 spiro atoms. The molecule has 41 heavy (non-hydrogen) atoms. The van der Waals surface area contributed by atoms with E-state index in [2.05, 4.69) is 11.4 Å². The third-order valence-electron chi connectivity index (χ3n) is 6.74. The molecule has 7 nitrogen and oxygen atoms in total. The molecule has 1 aromatic heterocycles. The Balaban J connectivity index is 1.63. The van der Waals surface area contributed by atoms with Crippen molar-refractivity contribution in [2.45, 2.75) is 27.7 Å². The van der Waals surface area contributed by atoms with E-state index in [4.69, 9.17) is 14.6 Å². The van der Waals surface area contributed by atoms with Crippen LogP contribution in [-0.2, 0) is 4.79 Å². The number of nitrogens with zero attached hydrogens (tertiary/aromatic N) is 2. The van der Waals surface area contributed by atoms with Crippen LogP contribution in [0.3, 0.4) is 0 Å². The fraction of sp³-hybridized carbons (Fsp3) is 0.147. The molecule has 0 aliphatic carbocycles. The number of carbonyl (C=O) groups is 2. The zero-order chi connectivity index (χ0) is 29.1. The Morgan fingerprint density at radius 2 is 1.49 bits per heavy atom. The SMILES string of the molecule is COc1ccc(-c2nn(-c3ccc(C)cc3C)c(OC(C)=O)c2-c2ccc(NC(=O)c3cccc(C)c3)cc2)cc1. The molecule has 206 valence electrons. The Kier molecular flexibility index (Phi) is 7.70. The highest BCUT2D eigenvalue weighted by molar-refractivity contribution is 6.04. The highest BCUT2D eigenvalue weighted by Crippen LogP contribution is 2.42. The van der Waals surface area contributed by atoms with E-state index in [9.17, 15) is 9.59 Å². The Morgan fingerprint density at radius 3 is 2.12 bits per heavy atom. The third kappa shape index (κ3) is 5.89. The average molecular weight is 546 g/mol. The van der Waals surface area contributed by atoms with Gasteiger partial charge in [0.15, 0.2) is 0 Å². The normalized spacial score (nSPS) is 10.8.